The van der Waals surface area contributed by atoms with Gasteiger partial charge in [-0.15, -0.1) is 0 Å². The SMILES string of the molecule is C[Si](C)(C)c1ccc(C(O)(c2ccc([Si](C)(C)C)cc2)C2CC(O)CN2Cc2cccc(CN3CC(O)C[C@@H]3C(O)(c3ccc([Si](C)(C)C)cc3)c3ccc([Si](C)(C)C)cc3)n2)cc1. The highest BCUT2D eigenvalue weighted by atomic mass is 28.3. The molecular formula is C53H75N3O4Si4. The predicted octanol–water partition coefficient (Wildman–Crippen LogP) is 7.01. The van der Waals surface area contributed by atoms with Gasteiger partial charge in [0.25, 0.3) is 0 Å². The topological polar surface area (TPSA) is 100 Å². The van der Waals surface area contributed by atoms with E-state index in [-0.39, 0.29) is 0 Å². The lowest BCUT2D eigenvalue weighted by Gasteiger charge is -2.41. The van der Waals surface area contributed by atoms with Gasteiger partial charge in [0.05, 0.1) is 55.9 Å². The first kappa shape index (κ1) is 48.6. The molecule has 3 heterocycles. The first-order chi connectivity index (χ1) is 29.8. The molecule has 11 heteroatoms. The van der Waals surface area contributed by atoms with Gasteiger partial charge in [0.15, 0.2) is 0 Å². The van der Waals surface area contributed by atoms with Gasteiger partial charge in [-0.3, -0.25) is 14.8 Å². The maximum atomic E-state index is 13.3. The zero-order valence-electron chi connectivity index (χ0n) is 40.7. The Morgan fingerprint density at radius 2 is 0.688 bits per heavy atom. The minimum absolute atomic E-state index is 0.406. The summed E-state index contributed by atoms with van der Waals surface area (Å²) >= 11 is 0. The van der Waals surface area contributed by atoms with Crippen molar-refractivity contribution >= 4 is 53.0 Å². The molecule has 0 spiro atoms. The molecule has 64 heavy (non-hydrogen) atoms. The Kier molecular flexibility index (Phi) is 13.7. The van der Waals surface area contributed by atoms with E-state index >= 15 is 0 Å². The third kappa shape index (κ3) is 10.1. The third-order valence-corrected chi connectivity index (χ3v) is 22.3. The summed E-state index contributed by atoms with van der Waals surface area (Å²) in [6.45, 7) is 29.8. The van der Waals surface area contributed by atoms with Gasteiger partial charge in [0.2, 0.25) is 0 Å². The normalized spacial score (nSPS) is 20.9. The van der Waals surface area contributed by atoms with E-state index in [1.165, 1.54) is 20.7 Å². The van der Waals surface area contributed by atoms with Crippen molar-refractivity contribution in [3.8, 4) is 0 Å². The molecule has 2 aliphatic heterocycles. The molecule has 342 valence electrons. The van der Waals surface area contributed by atoms with Crippen LogP contribution in [0, 0.1) is 0 Å². The quantitative estimate of drug-likeness (QED) is 0.0891. The van der Waals surface area contributed by atoms with E-state index in [1.807, 2.05) is 18.2 Å². The number of aromatic nitrogens is 1. The third-order valence-electron chi connectivity index (χ3n) is 14.1. The average molecular weight is 931 g/mol. The van der Waals surface area contributed by atoms with Crippen LogP contribution in [0.25, 0.3) is 0 Å². The van der Waals surface area contributed by atoms with E-state index in [0.717, 1.165) is 33.6 Å². The molecule has 2 aliphatic rings. The second-order valence-electron chi connectivity index (χ2n) is 23.1. The van der Waals surface area contributed by atoms with Gasteiger partial charge in [-0.05, 0) is 47.2 Å². The van der Waals surface area contributed by atoms with Crippen LogP contribution in [0.5, 0.6) is 0 Å². The molecule has 7 rings (SSSR count). The highest BCUT2D eigenvalue weighted by Gasteiger charge is 2.50. The van der Waals surface area contributed by atoms with Gasteiger partial charge >= 0.3 is 0 Å². The van der Waals surface area contributed by atoms with E-state index in [1.54, 1.807) is 0 Å². The van der Waals surface area contributed by atoms with Crippen molar-refractivity contribution < 1.29 is 20.4 Å². The lowest BCUT2D eigenvalue weighted by atomic mass is 9.78. The van der Waals surface area contributed by atoms with Crippen molar-refractivity contribution in [1.29, 1.82) is 0 Å². The maximum absolute atomic E-state index is 13.3. The molecule has 4 aromatic carbocycles. The van der Waals surface area contributed by atoms with Crippen LogP contribution in [0.15, 0.2) is 115 Å². The molecular weight excluding hydrogens is 855 g/mol. The summed E-state index contributed by atoms with van der Waals surface area (Å²) in [5, 5.41) is 54.6. The number of likely N-dealkylation sites (tertiary alicyclic amines) is 2. The Bertz CT molecular complexity index is 2090. The summed E-state index contributed by atoms with van der Waals surface area (Å²) in [4.78, 5) is 9.66. The molecule has 1 aromatic heterocycles. The average Bonchev–Trinajstić information content (AvgIpc) is 3.80. The van der Waals surface area contributed by atoms with Crippen LogP contribution in [0.4, 0.5) is 0 Å². The van der Waals surface area contributed by atoms with E-state index in [2.05, 4.69) is 185 Å². The van der Waals surface area contributed by atoms with Gasteiger partial charge in [0.1, 0.15) is 11.2 Å². The van der Waals surface area contributed by atoms with Gasteiger partial charge in [0, 0.05) is 38.3 Å². The summed E-state index contributed by atoms with van der Waals surface area (Å²) in [6.07, 6.45) is -0.366. The summed E-state index contributed by atoms with van der Waals surface area (Å²) in [5.74, 6) is 0. The predicted molar refractivity (Wildman–Crippen MR) is 278 cm³/mol. The van der Waals surface area contributed by atoms with Crippen LogP contribution in [0.1, 0.15) is 46.5 Å². The second-order valence-corrected chi connectivity index (χ2v) is 43.4. The molecule has 4 atom stereocenters. The Balaban J connectivity index is 1.21. The minimum atomic E-state index is -1.58. The van der Waals surface area contributed by atoms with E-state index in [0.29, 0.717) is 39.0 Å². The fourth-order valence-corrected chi connectivity index (χ4v) is 14.8. The summed E-state index contributed by atoms with van der Waals surface area (Å²) in [7, 11) is -6.34. The first-order valence-corrected chi connectivity index (χ1v) is 37.5. The summed E-state index contributed by atoms with van der Waals surface area (Å²) in [6, 6.07) is 39.6. The molecule has 4 N–H and O–H groups in total. The lowest BCUT2D eigenvalue weighted by molar-refractivity contribution is -0.00790. The lowest BCUT2D eigenvalue weighted by Crippen LogP contribution is -2.49. The summed E-state index contributed by atoms with van der Waals surface area (Å²) in [5.41, 5.74) is 2.25. The Morgan fingerprint density at radius 1 is 0.438 bits per heavy atom. The number of pyridine rings is 1. The van der Waals surface area contributed by atoms with Crippen LogP contribution < -0.4 is 20.7 Å². The van der Waals surface area contributed by atoms with E-state index in [4.69, 9.17) is 4.98 Å². The number of benzene rings is 4. The molecule has 0 saturated carbocycles. The maximum Gasteiger partial charge on any atom is 0.130 e. The van der Waals surface area contributed by atoms with Crippen LogP contribution in [0.3, 0.4) is 0 Å². The van der Waals surface area contributed by atoms with Gasteiger partial charge in [-0.2, -0.15) is 0 Å². The molecule has 5 aromatic rings. The Hall–Kier alpha value is -3.34. The van der Waals surface area contributed by atoms with Gasteiger partial charge in [-0.25, -0.2) is 0 Å². The fraction of sp³-hybridized carbons (Fsp3) is 0.453. The highest BCUT2D eigenvalue weighted by molar-refractivity contribution is 6.90. The van der Waals surface area contributed by atoms with Crippen LogP contribution in [0.2, 0.25) is 78.6 Å². The Morgan fingerprint density at radius 3 is 0.922 bits per heavy atom. The molecule has 3 unspecified atom stereocenters. The first-order valence-electron chi connectivity index (χ1n) is 23.5. The van der Waals surface area contributed by atoms with Crippen molar-refractivity contribution in [1.82, 2.24) is 14.8 Å². The van der Waals surface area contributed by atoms with Crippen molar-refractivity contribution in [2.75, 3.05) is 13.1 Å². The number of rotatable bonds is 14. The number of aliphatic hydroxyl groups is 4. The standard InChI is InChI=1S/C53H75N3O4Si4/c1-61(2,3)46-24-16-38(17-25-46)52(59,39-18-26-47(27-19-39)62(4,5)6)50-32-44(57)36-55(50)34-42-14-13-15-43(54-42)35-56-37-45(58)33-51(56)53(60,40-20-28-48(29-21-40)63(7,8)9)41-22-30-49(31-23-41)64(10,11)12/h13-31,44-45,50-51,57-60H,32-37H2,1-12H3/t44?,45?,50-,51?/m1/s1. The van der Waals surface area contributed by atoms with E-state index in [9.17, 15) is 20.4 Å². The van der Waals surface area contributed by atoms with Crippen molar-refractivity contribution in [2.45, 2.75) is 140 Å². The van der Waals surface area contributed by atoms with Crippen molar-refractivity contribution in [2.24, 2.45) is 0 Å². The molecule has 7 nitrogen and oxygen atoms in total. The largest absolute Gasteiger partial charge is 0.392 e. The van der Waals surface area contributed by atoms with Gasteiger partial charge < -0.3 is 20.4 Å². The number of hydrogen-bond acceptors (Lipinski definition) is 7. The smallest absolute Gasteiger partial charge is 0.130 e. The van der Waals surface area contributed by atoms with Crippen molar-refractivity contribution in [3.05, 3.63) is 149 Å². The minimum Gasteiger partial charge on any atom is -0.392 e. The Labute approximate surface area is 388 Å². The molecule has 0 bridgehead atoms. The van der Waals surface area contributed by atoms with Crippen LogP contribution in [-0.2, 0) is 24.3 Å². The number of hydrogen-bond donors (Lipinski definition) is 4. The monoisotopic (exact) mass is 929 g/mol. The van der Waals surface area contributed by atoms with Crippen LogP contribution >= 0.6 is 0 Å². The number of β-amino-alcohol motifs (C(OH)–C–C–N with tert-alkyl or cyclic N) is 2. The second kappa shape index (κ2) is 18.0. The molecule has 2 fully saturated rings. The molecule has 0 amide bonds. The van der Waals surface area contributed by atoms with Crippen LogP contribution in [-0.4, -0.2) is 105 Å². The van der Waals surface area contributed by atoms with Gasteiger partial charge in [-0.1, -0.05) is 202 Å². The zero-order chi connectivity index (χ0) is 46.6. The molecule has 2 saturated heterocycles. The number of nitrogens with zero attached hydrogens (tertiary/aromatic N) is 3. The number of aliphatic hydroxyl groups excluding tert-OH is 2. The highest BCUT2D eigenvalue weighted by Crippen LogP contribution is 2.43. The van der Waals surface area contributed by atoms with Crippen molar-refractivity contribution in [3.63, 3.8) is 0 Å². The van der Waals surface area contributed by atoms with E-state index < -0.39 is 67.8 Å². The molecule has 0 aliphatic carbocycles. The summed E-state index contributed by atoms with van der Waals surface area (Å²) < 4.78 is 0. The fourth-order valence-electron chi connectivity index (χ4n) is 10.1. The zero-order valence-corrected chi connectivity index (χ0v) is 44.7. The molecule has 0 radical (unpaired) electrons.